The third-order valence-electron chi connectivity index (χ3n) is 4.09. The number of aromatic amines is 1. The molecule has 0 aliphatic rings. The molecule has 0 fully saturated rings. The highest BCUT2D eigenvalue weighted by atomic mass is 19.1. The molecule has 25 heavy (non-hydrogen) atoms. The van der Waals surface area contributed by atoms with Gasteiger partial charge in [-0.25, -0.2) is 9.37 Å². The van der Waals surface area contributed by atoms with Crippen LogP contribution in [0, 0.1) is 5.82 Å². The van der Waals surface area contributed by atoms with Crippen molar-refractivity contribution in [2.24, 2.45) is 0 Å². The summed E-state index contributed by atoms with van der Waals surface area (Å²) in [6.45, 7) is 0. The quantitative estimate of drug-likeness (QED) is 0.623. The van der Waals surface area contributed by atoms with Crippen molar-refractivity contribution >= 4 is 11.0 Å². The largest absolute Gasteiger partial charge is 0.497 e. The maximum Gasteiger partial charge on any atom is 0.260 e. The molecule has 4 rings (SSSR count). The Balaban J connectivity index is 1.98. The van der Waals surface area contributed by atoms with Crippen molar-refractivity contribution in [1.82, 2.24) is 14.5 Å². The third-order valence-corrected chi connectivity index (χ3v) is 4.09. The molecule has 5 nitrogen and oxygen atoms in total. The SMILES string of the molecule is COc1ccc(-c2cn(-c3ccc(F)cc3)c3nc[nH]c(=O)c23)cc1. The number of fused-ring (bicyclic) bond motifs is 1. The van der Waals surface area contributed by atoms with E-state index in [1.165, 1.54) is 18.5 Å². The van der Waals surface area contributed by atoms with Crippen LogP contribution in [0.1, 0.15) is 0 Å². The fraction of sp³-hybridized carbons (Fsp3) is 0.0526. The fourth-order valence-electron chi connectivity index (χ4n) is 2.86. The minimum atomic E-state index is -0.318. The fourth-order valence-corrected chi connectivity index (χ4v) is 2.86. The van der Waals surface area contributed by atoms with Crippen LogP contribution in [0.15, 0.2) is 65.8 Å². The van der Waals surface area contributed by atoms with Crippen molar-refractivity contribution in [2.75, 3.05) is 7.11 Å². The Hall–Kier alpha value is -3.41. The molecule has 0 unspecified atom stereocenters. The van der Waals surface area contributed by atoms with E-state index < -0.39 is 0 Å². The van der Waals surface area contributed by atoms with Gasteiger partial charge in [-0.2, -0.15) is 0 Å². The van der Waals surface area contributed by atoms with Gasteiger partial charge in [0, 0.05) is 17.4 Å². The maximum absolute atomic E-state index is 13.2. The molecule has 0 saturated carbocycles. The van der Waals surface area contributed by atoms with Crippen molar-refractivity contribution in [3.8, 4) is 22.6 Å². The van der Waals surface area contributed by atoms with Crippen LogP contribution in [0.25, 0.3) is 27.8 Å². The van der Waals surface area contributed by atoms with Crippen molar-refractivity contribution in [3.05, 3.63) is 77.2 Å². The first-order valence-corrected chi connectivity index (χ1v) is 7.66. The molecule has 0 amide bonds. The van der Waals surface area contributed by atoms with Gasteiger partial charge in [-0.1, -0.05) is 12.1 Å². The zero-order valence-corrected chi connectivity index (χ0v) is 13.4. The summed E-state index contributed by atoms with van der Waals surface area (Å²) in [7, 11) is 1.60. The summed E-state index contributed by atoms with van der Waals surface area (Å²) >= 11 is 0. The number of hydrogen-bond donors (Lipinski definition) is 1. The molecule has 124 valence electrons. The Bertz CT molecular complexity index is 1100. The van der Waals surface area contributed by atoms with Crippen LogP contribution in [0.4, 0.5) is 4.39 Å². The molecule has 0 bridgehead atoms. The number of halogens is 1. The molecule has 0 radical (unpaired) electrons. The molecule has 0 saturated heterocycles. The highest BCUT2D eigenvalue weighted by Crippen LogP contribution is 2.30. The summed E-state index contributed by atoms with van der Waals surface area (Å²) in [5.74, 6) is 0.416. The van der Waals surface area contributed by atoms with E-state index in [1.54, 1.807) is 23.8 Å². The van der Waals surface area contributed by atoms with Gasteiger partial charge in [0.2, 0.25) is 0 Å². The van der Waals surface area contributed by atoms with Gasteiger partial charge in [0.1, 0.15) is 11.6 Å². The molecule has 2 aromatic heterocycles. The number of methoxy groups -OCH3 is 1. The van der Waals surface area contributed by atoms with Gasteiger partial charge >= 0.3 is 0 Å². The molecular weight excluding hydrogens is 321 g/mol. The Kier molecular flexibility index (Phi) is 3.57. The van der Waals surface area contributed by atoms with E-state index in [-0.39, 0.29) is 11.4 Å². The Morgan fingerprint density at radius 2 is 1.80 bits per heavy atom. The van der Waals surface area contributed by atoms with E-state index in [0.29, 0.717) is 11.0 Å². The number of aromatic nitrogens is 3. The zero-order chi connectivity index (χ0) is 17.4. The smallest absolute Gasteiger partial charge is 0.260 e. The summed E-state index contributed by atoms with van der Waals surface area (Å²) < 4.78 is 20.2. The highest BCUT2D eigenvalue weighted by Gasteiger charge is 2.15. The second-order valence-corrected chi connectivity index (χ2v) is 5.55. The Morgan fingerprint density at radius 3 is 2.48 bits per heavy atom. The molecule has 0 aliphatic heterocycles. The number of ether oxygens (including phenoxy) is 1. The maximum atomic E-state index is 13.2. The summed E-state index contributed by atoms with van der Waals surface area (Å²) in [4.78, 5) is 19.3. The van der Waals surface area contributed by atoms with Crippen LogP contribution < -0.4 is 10.3 Å². The number of H-pyrrole nitrogens is 1. The van der Waals surface area contributed by atoms with Gasteiger partial charge in [-0.15, -0.1) is 0 Å². The van der Waals surface area contributed by atoms with E-state index in [9.17, 15) is 9.18 Å². The van der Waals surface area contributed by atoms with Crippen molar-refractivity contribution in [3.63, 3.8) is 0 Å². The van der Waals surface area contributed by atoms with Gasteiger partial charge in [-0.05, 0) is 42.0 Å². The number of nitrogens with one attached hydrogen (secondary N) is 1. The number of rotatable bonds is 3. The van der Waals surface area contributed by atoms with E-state index >= 15 is 0 Å². The summed E-state index contributed by atoms with van der Waals surface area (Å²) in [5.41, 5.74) is 2.63. The van der Waals surface area contributed by atoms with Gasteiger partial charge in [-0.3, -0.25) is 4.79 Å². The van der Waals surface area contributed by atoms with Crippen molar-refractivity contribution in [1.29, 1.82) is 0 Å². The first kappa shape index (κ1) is 15.1. The van der Waals surface area contributed by atoms with Crippen LogP contribution in [-0.4, -0.2) is 21.6 Å². The summed E-state index contributed by atoms with van der Waals surface area (Å²) in [6, 6.07) is 13.5. The summed E-state index contributed by atoms with van der Waals surface area (Å²) in [6.07, 6.45) is 3.20. The van der Waals surface area contributed by atoms with Crippen molar-refractivity contribution < 1.29 is 9.13 Å². The second-order valence-electron chi connectivity index (χ2n) is 5.55. The highest BCUT2D eigenvalue weighted by molar-refractivity contribution is 5.94. The lowest BCUT2D eigenvalue weighted by Gasteiger charge is -2.03. The lowest BCUT2D eigenvalue weighted by Crippen LogP contribution is -2.07. The lowest BCUT2D eigenvalue weighted by molar-refractivity contribution is 0.415. The number of nitrogens with zero attached hydrogens (tertiary/aromatic N) is 2. The normalized spacial score (nSPS) is 11.0. The molecular formula is C19H14FN3O2. The zero-order valence-electron chi connectivity index (χ0n) is 13.4. The predicted octanol–water partition coefficient (Wildman–Crippen LogP) is 3.53. The van der Waals surface area contributed by atoms with Gasteiger partial charge in [0.05, 0.1) is 18.8 Å². The molecule has 2 aromatic carbocycles. The molecule has 0 atom stereocenters. The monoisotopic (exact) mass is 335 g/mol. The Morgan fingerprint density at radius 1 is 1.08 bits per heavy atom. The average molecular weight is 335 g/mol. The van der Waals surface area contributed by atoms with Crippen LogP contribution in [0.5, 0.6) is 5.75 Å². The summed E-state index contributed by atoms with van der Waals surface area (Å²) in [5, 5.41) is 0.483. The number of benzene rings is 2. The lowest BCUT2D eigenvalue weighted by atomic mass is 10.1. The van der Waals surface area contributed by atoms with Gasteiger partial charge < -0.3 is 14.3 Å². The molecule has 1 N–H and O–H groups in total. The van der Waals surface area contributed by atoms with Crippen LogP contribution in [0.3, 0.4) is 0 Å². The van der Waals surface area contributed by atoms with Crippen LogP contribution >= 0.6 is 0 Å². The standard InChI is InChI=1S/C19H14FN3O2/c1-25-15-8-2-12(3-9-15)16-10-23(14-6-4-13(20)5-7-14)18-17(16)19(24)22-11-21-18/h2-11H,1H3,(H,21,22,24). The van der Waals surface area contributed by atoms with Crippen molar-refractivity contribution in [2.45, 2.75) is 0 Å². The van der Waals surface area contributed by atoms with E-state index in [0.717, 1.165) is 22.6 Å². The first-order valence-electron chi connectivity index (χ1n) is 7.66. The molecule has 2 heterocycles. The van der Waals surface area contributed by atoms with Gasteiger partial charge in [0.15, 0.2) is 5.65 Å². The molecule has 0 aliphatic carbocycles. The first-order chi connectivity index (χ1) is 12.2. The predicted molar refractivity (Wildman–Crippen MR) is 93.6 cm³/mol. The van der Waals surface area contributed by atoms with Crippen LogP contribution in [-0.2, 0) is 0 Å². The topological polar surface area (TPSA) is 59.9 Å². The molecule has 0 spiro atoms. The van der Waals surface area contributed by atoms with Crippen LogP contribution in [0.2, 0.25) is 0 Å². The van der Waals surface area contributed by atoms with E-state index in [4.69, 9.17) is 4.74 Å². The van der Waals surface area contributed by atoms with E-state index in [2.05, 4.69) is 9.97 Å². The minimum Gasteiger partial charge on any atom is -0.497 e. The van der Waals surface area contributed by atoms with E-state index in [1.807, 2.05) is 30.5 Å². The van der Waals surface area contributed by atoms with Gasteiger partial charge in [0.25, 0.3) is 5.56 Å². The Labute approximate surface area is 142 Å². The third kappa shape index (κ3) is 2.57. The second kappa shape index (κ2) is 5.90. The molecule has 4 aromatic rings. The molecule has 6 heteroatoms. The minimum absolute atomic E-state index is 0.225. The number of hydrogen-bond acceptors (Lipinski definition) is 3. The average Bonchev–Trinajstić information content (AvgIpc) is 3.03.